The fourth-order valence-electron chi connectivity index (χ4n) is 1.68. The summed E-state index contributed by atoms with van der Waals surface area (Å²) in [5, 5.41) is 3.24. The molecule has 6 heteroatoms. The highest BCUT2D eigenvalue weighted by molar-refractivity contribution is 7.16. The number of nitrogens with two attached hydrogens (primary N) is 1. The van der Waals surface area contributed by atoms with Gasteiger partial charge in [0.2, 0.25) is 5.91 Å². The minimum atomic E-state index is -0.586. The van der Waals surface area contributed by atoms with E-state index >= 15 is 0 Å². The third-order valence-corrected chi connectivity index (χ3v) is 4.11. The number of anilines is 1. The number of nitrogens with one attached hydrogen (secondary N) is 1. The summed E-state index contributed by atoms with van der Waals surface area (Å²) in [6.45, 7) is 7.83. The quantitative estimate of drug-likeness (QED) is 0.791. The Hall–Kier alpha value is -1.40. The first-order valence-corrected chi connectivity index (χ1v) is 7.56. The SMILES string of the molecule is CCOC(=O)c1cc(C)sc1NC(=O)C(N)C(C)CC. The van der Waals surface area contributed by atoms with Gasteiger partial charge in [0.1, 0.15) is 5.00 Å². The summed E-state index contributed by atoms with van der Waals surface area (Å²) in [4.78, 5) is 24.8. The van der Waals surface area contributed by atoms with Gasteiger partial charge >= 0.3 is 5.97 Å². The fourth-order valence-corrected chi connectivity index (χ4v) is 2.58. The van der Waals surface area contributed by atoms with Crippen molar-refractivity contribution in [3.05, 3.63) is 16.5 Å². The van der Waals surface area contributed by atoms with Crippen molar-refractivity contribution in [1.82, 2.24) is 0 Å². The van der Waals surface area contributed by atoms with Gasteiger partial charge < -0.3 is 15.8 Å². The molecule has 0 saturated heterocycles. The van der Waals surface area contributed by atoms with Crippen molar-refractivity contribution in [1.29, 1.82) is 0 Å². The van der Waals surface area contributed by atoms with Gasteiger partial charge in [-0.3, -0.25) is 4.79 Å². The lowest BCUT2D eigenvalue weighted by Gasteiger charge is -2.17. The summed E-state index contributed by atoms with van der Waals surface area (Å²) in [6, 6.07) is 1.13. The smallest absolute Gasteiger partial charge is 0.341 e. The largest absolute Gasteiger partial charge is 0.462 e. The Morgan fingerprint density at radius 1 is 1.45 bits per heavy atom. The molecule has 3 N–H and O–H groups in total. The van der Waals surface area contributed by atoms with E-state index in [1.165, 1.54) is 11.3 Å². The molecule has 0 fully saturated rings. The second kappa shape index (κ2) is 7.40. The molecule has 2 unspecified atom stereocenters. The van der Waals surface area contributed by atoms with Crippen molar-refractivity contribution in [3.8, 4) is 0 Å². The lowest BCUT2D eigenvalue weighted by Crippen LogP contribution is -2.40. The fraction of sp³-hybridized carbons (Fsp3) is 0.571. The van der Waals surface area contributed by atoms with E-state index in [9.17, 15) is 9.59 Å². The molecule has 0 aliphatic rings. The summed E-state index contributed by atoms with van der Waals surface area (Å²) < 4.78 is 4.98. The van der Waals surface area contributed by atoms with Crippen LogP contribution >= 0.6 is 11.3 Å². The van der Waals surface area contributed by atoms with E-state index in [0.29, 0.717) is 17.2 Å². The Labute approximate surface area is 123 Å². The zero-order chi connectivity index (χ0) is 15.3. The van der Waals surface area contributed by atoms with Gasteiger partial charge in [-0.25, -0.2) is 4.79 Å². The van der Waals surface area contributed by atoms with E-state index in [0.717, 1.165) is 11.3 Å². The number of carbonyl (C=O) groups is 2. The molecule has 0 aliphatic carbocycles. The molecule has 0 aliphatic heterocycles. The summed E-state index contributed by atoms with van der Waals surface area (Å²) in [7, 11) is 0. The Morgan fingerprint density at radius 3 is 2.65 bits per heavy atom. The van der Waals surface area contributed by atoms with Gasteiger partial charge in [-0.1, -0.05) is 20.3 Å². The molecule has 2 atom stereocenters. The van der Waals surface area contributed by atoms with E-state index in [1.54, 1.807) is 13.0 Å². The molecule has 1 aromatic rings. The van der Waals surface area contributed by atoms with Crippen molar-refractivity contribution in [3.63, 3.8) is 0 Å². The molecular weight excluding hydrogens is 276 g/mol. The predicted octanol–water partition coefficient (Wildman–Crippen LogP) is 2.55. The number of thiophene rings is 1. The van der Waals surface area contributed by atoms with Crippen LogP contribution in [0.1, 0.15) is 42.4 Å². The highest BCUT2D eigenvalue weighted by Crippen LogP contribution is 2.28. The van der Waals surface area contributed by atoms with Crippen LogP contribution in [-0.2, 0) is 9.53 Å². The highest BCUT2D eigenvalue weighted by atomic mass is 32.1. The lowest BCUT2D eigenvalue weighted by atomic mass is 9.99. The monoisotopic (exact) mass is 298 g/mol. The molecule has 0 saturated carbocycles. The van der Waals surface area contributed by atoms with E-state index in [-0.39, 0.29) is 11.8 Å². The molecule has 0 bridgehead atoms. The van der Waals surface area contributed by atoms with Crippen LogP contribution in [0.5, 0.6) is 0 Å². The summed E-state index contributed by atoms with van der Waals surface area (Å²) in [5.41, 5.74) is 6.28. The normalized spacial score (nSPS) is 13.7. The Kier molecular flexibility index (Phi) is 6.16. The molecular formula is C14H22N2O3S. The average Bonchev–Trinajstić information content (AvgIpc) is 2.78. The molecule has 1 rings (SSSR count). The summed E-state index contributed by atoms with van der Waals surface area (Å²) in [5.74, 6) is -0.613. The van der Waals surface area contributed by atoms with Gasteiger partial charge in [0.05, 0.1) is 18.2 Å². The Bertz CT molecular complexity index is 485. The first kappa shape index (κ1) is 16.7. The first-order valence-electron chi connectivity index (χ1n) is 6.74. The van der Waals surface area contributed by atoms with Crippen molar-refractivity contribution >= 4 is 28.2 Å². The van der Waals surface area contributed by atoms with Gasteiger partial charge in [-0.2, -0.15) is 0 Å². The molecule has 0 aromatic carbocycles. The van der Waals surface area contributed by atoms with E-state index in [1.807, 2.05) is 20.8 Å². The standard InChI is InChI=1S/C14H22N2O3S/c1-5-8(3)11(15)12(17)16-13-10(7-9(4)20-13)14(18)19-6-2/h7-8,11H,5-6,15H2,1-4H3,(H,16,17). The van der Waals surface area contributed by atoms with Crippen molar-refractivity contribution in [2.75, 3.05) is 11.9 Å². The third kappa shape index (κ3) is 4.05. The van der Waals surface area contributed by atoms with Crippen LogP contribution in [0.2, 0.25) is 0 Å². The maximum absolute atomic E-state index is 12.1. The van der Waals surface area contributed by atoms with Crippen molar-refractivity contribution in [2.45, 2.75) is 40.2 Å². The minimum absolute atomic E-state index is 0.0853. The van der Waals surface area contributed by atoms with Crippen LogP contribution in [0, 0.1) is 12.8 Å². The number of esters is 1. The van der Waals surface area contributed by atoms with Gasteiger partial charge in [0, 0.05) is 4.88 Å². The van der Waals surface area contributed by atoms with Crippen LogP contribution in [0.4, 0.5) is 5.00 Å². The molecule has 0 spiro atoms. The molecule has 1 aromatic heterocycles. The second-order valence-corrected chi connectivity index (χ2v) is 5.98. The molecule has 20 heavy (non-hydrogen) atoms. The van der Waals surface area contributed by atoms with Crippen LogP contribution in [0.3, 0.4) is 0 Å². The third-order valence-electron chi connectivity index (χ3n) is 3.15. The first-order chi connectivity index (χ1) is 9.40. The molecule has 0 radical (unpaired) electrons. The summed E-state index contributed by atoms with van der Waals surface area (Å²) >= 11 is 1.35. The number of amides is 1. The van der Waals surface area contributed by atoms with Gasteiger partial charge in [-0.15, -0.1) is 11.3 Å². The maximum atomic E-state index is 12.1. The van der Waals surface area contributed by atoms with Gasteiger partial charge in [0.25, 0.3) is 0 Å². The number of carbonyl (C=O) groups excluding carboxylic acids is 2. The van der Waals surface area contributed by atoms with Crippen LogP contribution < -0.4 is 11.1 Å². The number of aryl methyl sites for hydroxylation is 1. The molecule has 1 amide bonds. The summed E-state index contributed by atoms with van der Waals surface area (Å²) in [6.07, 6.45) is 0.822. The van der Waals surface area contributed by atoms with Crippen LogP contribution in [0.25, 0.3) is 0 Å². The number of rotatable bonds is 6. The van der Waals surface area contributed by atoms with Crippen LogP contribution in [-0.4, -0.2) is 24.5 Å². The highest BCUT2D eigenvalue weighted by Gasteiger charge is 2.23. The zero-order valence-electron chi connectivity index (χ0n) is 12.4. The average molecular weight is 298 g/mol. The Morgan fingerprint density at radius 2 is 2.10 bits per heavy atom. The van der Waals surface area contributed by atoms with Crippen LogP contribution in [0.15, 0.2) is 6.07 Å². The van der Waals surface area contributed by atoms with Gasteiger partial charge in [0.15, 0.2) is 0 Å². The van der Waals surface area contributed by atoms with E-state index < -0.39 is 12.0 Å². The number of hydrogen-bond donors (Lipinski definition) is 2. The molecule has 1 heterocycles. The molecule has 112 valence electrons. The minimum Gasteiger partial charge on any atom is -0.462 e. The number of ether oxygens (including phenoxy) is 1. The van der Waals surface area contributed by atoms with Crippen molar-refractivity contribution in [2.24, 2.45) is 11.7 Å². The molecule has 5 nitrogen and oxygen atoms in total. The van der Waals surface area contributed by atoms with Gasteiger partial charge in [-0.05, 0) is 25.8 Å². The topological polar surface area (TPSA) is 81.4 Å². The number of hydrogen-bond acceptors (Lipinski definition) is 5. The lowest BCUT2D eigenvalue weighted by molar-refractivity contribution is -0.118. The van der Waals surface area contributed by atoms with E-state index in [4.69, 9.17) is 10.5 Å². The second-order valence-electron chi connectivity index (χ2n) is 4.72. The maximum Gasteiger partial charge on any atom is 0.341 e. The Balaban J connectivity index is 2.87. The van der Waals surface area contributed by atoms with Crippen molar-refractivity contribution < 1.29 is 14.3 Å². The predicted molar refractivity (Wildman–Crippen MR) is 81.1 cm³/mol. The zero-order valence-corrected chi connectivity index (χ0v) is 13.2. The van der Waals surface area contributed by atoms with E-state index in [2.05, 4.69) is 5.32 Å².